The van der Waals surface area contributed by atoms with Gasteiger partial charge in [-0.15, -0.1) is 0 Å². The zero-order valence-electron chi connectivity index (χ0n) is 22.4. The lowest BCUT2D eigenvalue weighted by Gasteiger charge is -2.17. The van der Waals surface area contributed by atoms with Crippen molar-refractivity contribution >= 4 is 35.2 Å². The average molecular weight is 592 g/mol. The third-order valence-corrected chi connectivity index (χ3v) is 6.37. The molecule has 0 fully saturated rings. The monoisotopic (exact) mass is 591 g/mol. The number of halogens is 3. The molecule has 0 aliphatic rings. The summed E-state index contributed by atoms with van der Waals surface area (Å²) in [6.45, 7) is 7.57. The Kier molecular flexibility index (Phi) is 9.80. The number of ether oxygens (including phenoxy) is 1. The number of hydrogen-bond donors (Lipinski definition) is 2. The van der Waals surface area contributed by atoms with E-state index < -0.39 is 28.6 Å². The van der Waals surface area contributed by atoms with E-state index in [-0.39, 0.29) is 39.6 Å². The molecule has 0 bridgehead atoms. The number of aromatic nitrogens is 4. The first-order valence-corrected chi connectivity index (χ1v) is 12.7. The minimum Gasteiger partial charge on any atom is -0.485 e. The maximum atomic E-state index is 13.3. The highest BCUT2D eigenvalue weighted by Crippen LogP contribution is 2.24. The summed E-state index contributed by atoms with van der Waals surface area (Å²) < 4.78 is 21.3. The maximum Gasteiger partial charge on any atom is 0.280 e. The zero-order valence-corrected chi connectivity index (χ0v) is 23.9. The second-order valence-electron chi connectivity index (χ2n) is 9.37. The number of nitrogens with zero attached hydrogens (tertiary/aromatic N) is 5. The fraction of sp³-hybridized carbons (Fsp3) is 0.296. The number of aliphatic hydroxyl groups excluding tert-OH is 1. The summed E-state index contributed by atoms with van der Waals surface area (Å²) in [5, 5.41) is 20.0. The van der Waals surface area contributed by atoms with Gasteiger partial charge in [0.2, 0.25) is 0 Å². The summed E-state index contributed by atoms with van der Waals surface area (Å²) in [4.78, 5) is 38.4. The Hall–Kier alpha value is -3.64. The van der Waals surface area contributed by atoms with Crippen molar-refractivity contribution in [1.29, 1.82) is 0 Å². The molecule has 0 spiro atoms. The summed E-state index contributed by atoms with van der Waals surface area (Å²) >= 11 is 12.3. The normalized spacial score (nSPS) is 13.7. The van der Waals surface area contributed by atoms with E-state index in [4.69, 9.17) is 27.9 Å². The van der Waals surface area contributed by atoms with Gasteiger partial charge < -0.3 is 14.9 Å². The van der Waals surface area contributed by atoms with Crippen LogP contribution in [-0.4, -0.2) is 41.3 Å². The highest BCUT2D eigenvalue weighted by Gasteiger charge is 2.23. The second-order valence-corrected chi connectivity index (χ2v) is 10.2. The van der Waals surface area contributed by atoms with Gasteiger partial charge in [-0.05, 0) is 52.3 Å². The number of pyridine rings is 2. The van der Waals surface area contributed by atoms with Gasteiger partial charge in [-0.2, -0.15) is 0 Å². The van der Waals surface area contributed by atoms with Crippen molar-refractivity contribution in [1.82, 2.24) is 19.1 Å². The molecule has 3 aromatic heterocycles. The summed E-state index contributed by atoms with van der Waals surface area (Å²) in [6, 6.07) is 2.61. The highest BCUT2D eigenvalue weighted by molar-refractivity contribution is 6.32. The second kappa shape index (κ2) is 12.7. The summed E-state index contributed by atoms with van der Waals surface area (Å²) in [5.41, 5.74) is -1.68. The van der Waals surface area contributed by atoms with E-state index in [1.807, 2.05) is 0 Å². The molecule has 10 nitrogen and oxygen atoms in total. The van der Waals surface area contributed by atoms with E-state index in [1.54, 1.807) is 20.8 Å². The maximum absolute atomic E-state index is 13.3. The molecule has 212 valence electrons. The molecule has 0 unspecified atom stereocenters. The Bertz CT molecular complexity index is 1620. The van der Waals surface area contributed by atoms with Gasteiger partial charge in [0.15, 0.2) is 0 Å². The molecule has 0 saturated carbocycles. The van der Waals surface area contributed by atoms with E-state index >= 15 is 0 Å². The fourth-order valence-corrected chi connectivity index (χ4v) is 3.70. The van der Waals surface area contributed by atoms with Crippen LogP contribution >= 0.6 is 23.2 Å². The predicted molar refractivity (Wildman–Crippen MR) is 151 cm³/mol. The molecule has 3 aromatic rings. The number of aliphatic imine (C=N–C) groups is 1. The lowest BCUT2D eigenvalue weighted by atomic mass is 10.1. The molecule has 0 amide bonds. The van der Waals surface area contributed by atoms with Gasteiger partial charge in [-0.1, -0.05) is 23.2 Å². The molecule has 0 radical (unpaired) electrons. The zero-order chi connectivity index (χ0) is 29.8. The molecule has 0 aliphatic carbocycles. The third-order valence-electron chi connectivity index (χ3n) is 5.69. The van der Waals surface area contributed by atoms with Crippen molar-refractivity contribution in [3.8, 4) is 5.75 Å². The van der Waals surface area contributed by atoms with Crippen LogP contribution in [0.25, 0.3) is 6.20 Å². The highest BCUT2D eigenvalue weighted by atomic mass is 35.5. The largest absolute Gasteiger partial charge is 0.485 e. The lowest BCUT2D eigenvalue weighted by molar-refractivity contribution is 0.0719. The van der Waals surface area contributed by atoms with Crippen molar-refractivity contribution in [3.05, 3.63) is 102 Å². The summed E-state index contributed by atoms with van der Waals surface area (Å²) in [6.07, 6.45) is 7.06. The minimum absolute atomic E-state index is 0.0647. The van der Waals surface area contributed by atoms with Crippen LogP contribution in [0.3, 0.4) is 0 Å². The van der Waals surface area contributed by atoms with Gasteiger partial charge in [0.05, 0.1) is 23.0 Å². The van der Waals surface area contributed by atoms with Crippen molar-refractivity contribution in [3.63, 3.8) is 0 Å². The third kappa shape index (κ3) is 7.30. The Labute approximate surface area is 239 Å². The van der Waals surface area contributed by atoms with E-state index in [2.05, 4.69) is 15.0 Å². The van der Waals surface area contributed by atoms with Crippen LogP contribution < -0.4 is 15.9 Å². The molecular weight excluding hydrogens is 564 g/mol. The lowest BCUT2D eigenvalue weighted by Crippen LogP contribution is -2.35. The van der Waals surface area contributed by atoms with Crippen LogP contribution in [0.2, 0.25) is 10.0 Å². The van der Waals surface area contributed by atoms with Crippen LogP contribution in [0.15, 0.2) is 63.2 Å². The SMILES string of the molecule is C/C(=C/N=C(\C=C\n1c(C)cc(OCc2ncc(F)cc2Cl)c(Cl)c1=O)n1ccnc(C(C)(C)O)c1=O)[C@H](C)O. The van der Waals surface area contributed by atoms with Crippen LogP contribution in [-0.2, 0) is 12.2 Å². The number of rotatable bonds is 8. The van der Waals surface area contributed by atoms with Gasteiger partial charge in [0, 0.05) is 36.6 Å². The number of aryl methyl sites for hydroxylation is 1. The molecule has 3 rings (SSSR count). The van der Waals surface area contributed by atoms with Crippen molar-refractivity contribution in [2.75, 3.05) is 0 Å². The quantitative estimate of drug-likeness (QED) is 0.298. The molecule has 3 heterocycles. The van der Waals surface area contributed by atoms with Gasteiger partial charge in [-0.25, -0.2) is 9.38 Å². The Balaban J connectivity index is 2.03. The van der Waals surface area contributed by atoms with Crippen molar-refractivity contribution in [2.24, 2.45) is 4.99 Å². The Morgan fingerprint density at radius 3 is 2.58 bits per heavy atom. The fourth-order valence-electron chi connectivity index (χ4n) is 3.29. The molecule has 1 atom stereocenters. The molecule has 0 saturated heterocycles. The number of aliphatic hydroxyl groups is 2. The van der Waals surface area contributed by atoms with Gasteiger partial charge >= 0.3 is 0 Å². The summed E-state index contributed by atoms with van der Waals surface area (Å²) in [7, 11) is 0. The van der Waals surface area contributed by atoms with Crippen LogP contribution in [0.5, 0.6) is 5.75 Å². The standard InChI is InChI=1S/C27H28Cl2FN5O5/c1-15(17(3)36)12-33-22(35-9-7-31-24(26(35)38)27(4,5)39)6-8-34-16(2)10-21(23(29)25(34)37)40-14-20-19(28)11-18(30)13-32-20/h6-13,17,36,39H,14H2,1-5H3/b8-6+,15-12-,33-22+/t17-/m0/s1. The van der Waals surface area contributed by atoms with E-state index in [9.17, 15) is 24.2 Å². The Morgan fingerprint density at radius 2 is 1.95 bits per heavy atom. The van der Waals surface area contributed by atoms with Gasteiger partial charge in [-0.3, -0.25) is 28.7 Å². The number of allylic oxidation sites excluding steroid dienone is 1. The van der Waals surface area contributed by atoms with Crippen molar-refractivity contribution < 1.29 is 19.3 Å². The molecular formula is C27H28Cl2FN5O5. The first-order chi connectivity index (χ1) is 18.7. The van der Waals surface area contributed by atoms with Crippen LogP contribution in [0.1, 0.15) is 44.8 Å². The topological polar surface area (TPSA) is 132 Å². The van der Waals surface area contributed by atoms with E-state index in [0.29, 0.717) is 11.3 Å². The molecule has 0 aromatic carbocycles. The smallest absolute Gasteiger partial charge is 0.280 e. The van der Waals surface area contributed by atoms with Gasteiger partial charge in [0.1, 0.15) is 40.3 Å². The first-order valence-electron chi connectivity index (χ1n) is 12.0. The minimum atomic E-state index is -1.52. The predicted octanol–water partition coefficient (Wildman–Crippen LogP) is 4.06. The molecule has 2 N–H and O–H groups in total. The average Bonchev–Trinajstić information content (AvgIpc) is 2.87. The van der Waals surface area contributed by atoms with E-state index in [1.165, 1.54) is 55.4 Å². The Morgan fingerprint density at radius 1 is 1.25 bits per heavy atom. The van der Waals surface area contributed by atoms with Crippen LogP contribution in [0.4, 0.5) is 4.39 Å². The number of hydrogen-bond acceptors (Lipinski definition) is 8. The molecule has 0 aliphatic heterocycles. The van der Waals surface area contributed by atoms with E-state index in [0.717, 1.165) is 16.8 Å². The van der Waals surface area contributed by atoms with Crippen LogP contribution in [0, 0.1) is 12.7 Å². The van der Waals surface area contributed by atoms with Gasteiger partial charge in [0.25, 0.3) is 11.1 Å². The molecule has 40 heavy (non-hydrogen) atoms. The molecule has 13 heteroatoms. The summed E-state index contributed by atoms with van der Waals surface area (Å²) in [5.74, 6) is -0.458. The van der Waals surface area contributed by atoms with Crippen molar-refractivity contribution in [2.45, 2.75) is 52.9 Å². The first kappa shape index (κ1) is 30.9.